The van der Waals surface area contributed by atoms with Crippen molar-refractivity contribution >= 4 is 57.0 Å². The first kappa shape index (κ1) is 9.62. The van der Waals surface area contributed by atoms with Crippen molar-refractivity contribution in [2.24, 2.45) is 0 Å². The molecule has 0 saturated heterocycles. The number of aryl methyl sites for hydroxylation is 1. The Labute approximate surface area is 100 Å². The molecule has 0 fully saturated rings. The summed E-state index contributed by atoms with van der Waals surface area (Å²) in [6, 6.07) is 5.75. The lowest BCUT2D eigenvalue weighted by Gasteiger charge is -1.99. The maximum absolute atomic E-state index is 6.07. The first-order valence-electron chi connectivity index (χ1n) is 3.73. The second-order valence-corrected chi connectivity index (χ2v) is 4.70. The van der Waals surface area contributed by atoms with E-state index in [4.69, 9.17) is 23.2 Å². The van der Waals surface area contributed by atoms with Gasteiger partial charge in [-0.3, -0.25) is 2.78 Å². The SMILES string of the molecule is Cc1cc2cc(Cl)cc(Cl)c2n1I. The summed E-state index contributed by atoms with van der Waals surface area (Å²) >= 11 is 14.2. The summed E-state index contributed by atoms with van der Waals surface area (Å²) < 4.78 is 2.03. The fourth-order valence-corrected chi connectivity index (χ4v) is 2.78. The van der Waals surface area contributed by atoms with E-state index in [0.717, 1.165) is 10.9 Å². The van der Waals surface area contributed by atoms with Crippen molar-refractivity contribution < 1.29 is 0 Å². The molecule has 4 heteroatoms. The van der Waals surface area contributed by atoms with Crippen LogP contribution in [0.4, 0.5) is 0 Å². The number of benzene rings is 1. The van der Waals surface area contributed by atoms with Crippen molar-refractivity contribution in [3.8, 4) is 0 Å². The molecule has 1 aromatic carbocycles. The third kappa shape index (κ3) is 1.55. The first-order valence-corrected chi connectivity index (χ1v) is 5.45. The molecule has 0 atom stereocenters. The van der Waals surface area contributed by atoms with Gasteiger partial charge in [0.25, 0.3) is 0 Å². The second kappa shape index (κ2) is 3.33. The van der Waals surface area contributed by atoms with Gasteiger partial charge in [0.15, 0.2) is 0 Å². The van der Waals surface area contributed by atoms with E-state index in [1.807, 2.05) is 15.8 Å². The zero-order valence-electron chi connectivity index (χ0n) is 6.81. The number of hydrogen-bond acceptors (Lipinski definition) is 0. The maximum atomic E-state index is 6.07. The predicted molar refractivity (Wildman–Crippen MR) is 66.1 cm³/mol. The Bertz CT molecular complexity index is 476. The lowest BCUT2D eigenvalue weighted by atomic mass is 10.2. The van der Waals surface area contributed by atoms with Crippen LogP contribution in [-0.4, -0.2) is 2.78 Å². The summed E-state index contributed by atoms with van der Waals surface area (Å²) in [6.07, 6.45) is 0. The van der Waals surface area contributed by atoms with Crippen LogP contribution >= 0.6 is 46.1 Å². The van der Waals surface area contributed by atoms with Crippen molar-refractivity contribution in [1.29, 1.82) is 0 Å². The van der Waals surface area contributed by atoms with Crippen LogP contribution in [0.2, 0.25) is 10.0 Å². The van der Waals surface area contributed by atoms with E-state index in [-0.39, 0.29) is 0 Å². The highest BCUT2D eigenvalue weighted by Gasteiger charge is 2.08. The fourth-order valence-electron chi connectivity index (χ4n) is 1.36. The Balaban J connectivity index is 2.94. The van der Waals surface area contributed by atoms with E-state index in [1.54, 1.807) is 6.07 Å². The van der Waals surface area contributed by atoms with Crippen LogP contribution in [0.3, 0.4) is 0 Å². The molecule has 2 aromatic rings. The minimum atomic E-state index is 0.680. The van der Waals surface area contributed by atoms with Gasteiger partial charge in [-0.05, 0) is 25.1 Å². The van der Waals surface area contributed by atoms with Gasteiger partial charge in [0, 0.05) is 16.1 Å². The molecule has 0 N–H and O–H groups in total. The molecule has 0 saturated carbocycles. The molecule has 0 unspecified atom stereocenters. The summed E-state index contributed by atoms with van der Waals surface area (Å²) in [5, 5.41) is 2.47. The van der Waals surface area contributed by atoms with Gasteiger partial charge in [-0.25, -0.2) is 0 Å². The number of halogens is 3. The number of nitrogens with zero attached hydrogens (tertiary/aromatic N) is 1. The van der Waals surface area contributed by atoms with E-state index in [0.29, 0.717) is 10.0 Å². The van der Waals surface area contributed by atoms with Crippen molar-refractivity contribution in [2.75, 3.05) is 0 Å². The van der Waals surface area contributed by atoms with Crippen LogP contribution in [-0.2, 0) is 0 Å². The molecule has 2 rings (SSSR count). The molecule has 0 aliphatic heterocycles. The molecule has 0 aliphatic rings. The highest BCUT2D eigenvalue weighted by Crippen LogP contribution is 2.31. The zero-order valence-corrected chi connectivity index (χ0v) is 10.5. The topological polar surface area (TPSA) is 4.93 Å². The average Bonchev–Trinajstić information content (AvgIpc) is 2.27. The summed E-state index contributed by atoms with van der Waals surface area (Å²) in [6.45, 7) is 2.04. The Kier molecular flexibility index (Phi) is 2.47. The zero-order chi connectivity index (χ0) is 9.59. The molecular formula is C9H6Cl2IN. The van der Waals surface area contributed by atoms with Gasteiger partial charge in [0.05, 0.1) is 33.4 Å². The van der Waals surface area contributed by atoms with Crippen molar-refractivity contribution in [3.63, 3.8) is 0 Å². The van der Waals surface area contributed by atoms with E-state index >= 15 is 0 Å². The Morgan fingerprint density at radius 2 is 1.92 bits per heavy atom. The number of fused-ring (bicyclic) bond motifs is 1. The molecule has 13 heavy (non-hydrogen) atoms. The molecule has 0 amide bonds. The largest absolute Gasteiger partial charge is 0.285 e. The molecule has 0 aliphatic carbocycles. The summed E-state index contributed by atoms with van der Waals surface area (Å²) in [5.41, 5.74) is 2.20. The minimum Gasteiger partial charge on any atom is -0.285 e. The molecular weight excluding hydrogens is 320 g/mol. The number of hydrogen-bond donors (Lipinski definition) is 0. The summed E-state index contributed by atoms with van der Waals surface area (Å²) in [4.78, 5) is 0. The molecule has 1 heterocycles. The molecule has 0 spiro atoms. The second-order valence-electron chi connectivity index (χ2n) is 2.89. The lowest BCUT2D eigenvalue weighted by molar-refractivity contribution is 1.27. The van der Waals surface area contributed by atoms with Gasteiger partial charge < -0.3 is 0 Å². The van der Waals surface area contributed by atoms with Crippen LogP contribution in [0.25, 0.3) is 10.9 Å². The quantitative estimate of drug-likeness (QED) is 0.630. The van der Waals surface area contributed by atoms with Crippen molar-refractivity contribution in [2.45, 2.75) is 6.92 Å². The van der Waals surface area contributed by atoms with Crippen LogP contribution in [0, 0.1) is 6.92 Å². The van der Waals surface area contributed by atoms with Gasteiger partial charge in [0.1, 0.15) is 0 Å². The smallest absolute Gasteiger partial charge is 0.0767 e. The van der Waals surface area contributed by atoms with Crippen LogP contribution in [0.15, 0.2) is 18.2 Å². The standard InChI is InChI=1S/C9H6Cl2IN/c1-5-2-6-3-7(10)4-8(11)9(6)13(5)12/h2-4H,1H3. The molecule has 1 nitrogen and oxygen atoms in total. The van der Waals surface area contributed by atoms with Crippen molar-refractivity contribution in [1.82, 2.24) is 2.78 Å². The van der Waals surface area contributed by atoms with Gasteiger partial charge >= 0.3 is 0 Å². The van der Waals surface area contributed by atoms with E-state index < -0.39 is 0 Å². The van der Waals surface area contributed by atoms with Gasteiger partial charge in [-0.1, -0.05) is 23.2 Å². The number of aromatic nitrogens is 1. The minimum absolute atomic E-state index is 0.680. The molecule has 0 radical (unpaired) electrons. The van der Waals surface area contributed by atoms with E-state index in [2.05, 4.69) is 28.9 Å². The predicted octanol–water partition coefficient (Wildman–Crippen LogP) is 4.45. The van der Waals surface area contributed by atoms with Gasteiger partial charge in [-0.2, -0.15) is 0 Å². The van der Waals surface area contributed by atoms with Gasteiger partial charge in [0.2, 0.25) is 0 Å². The fraction of sp³-hybridized carbons (Fsp3) is 0.111. The highest BCUT2D eigenvalue weighted by atomic mass is 127. The summed E-state index contributed by atoms with van der Waals surface area (Å²) in [5.74, 6) is 0. The monoisotopic (exact) mass is 325 g/mol. The maximum Gasteiger partial charge on any atom is 0.0767 e. The van der Waals surface area contributed by atoms with Crippen molar-refractivity contribution in [3.05, 3.63) is 33.9 Å². The van der Waals surface area contributed by atoms with Crippen LogP contribution in [0.1, 0.15) is 5.69 Å². The number of rotatable bonds is 0. The lowest BCUT2D eigenvalue weighted by Crippen LogP contribution is -1.81. The first-order chi connectivity index (χ1) is 6.09. The third-order valence-corrected chi connectivity index (χ3v) is 3.68. The third-order valence-electron chi connectivity index (χ3n) is 1.93. The van der Waals surface area contributed by atoms with Gasteiger partial charge in [-0.15, -0.1) is 0 Å². The van der Waals surface area contributed by atoms with Crippen LogP contribution in [0.5, 0.6) is 0 Å². The Morgan fingerprint density at radius 3 is 2.62 bits per heavy atom. The molecule has 1 aromatic heterocycles. The van der Waals surface area contributed by atoms with E-state index in [1.165, 1.54) is 5.69 Å². The average molecular weight is 326 g/mol. The Hall–Kier alpha value is 0.0700. The summed E-state index contributed by atoms with van der Waals surface area (Å²) in [7, 11) is 0. The molecule has 0 bridgehead atoms. The Morgan fingerprint density at radius 1 is 1.23 bits per heavy atom. The van der Waals surface area contributed by atoms with Crippen LogP contribution < -0.4 is 0 Å². The highest BCUT2D eigenvalue weighted by molar-refractivity contribution is 14.1. The van der Waals surface area contributed by atoms with E-state index in [9.17, 15) is 0 Å². The molecule has 68 valence electrons. The normalized spacial score (nSPS) is 11.1.